The van der Waals surface area contributed by atoms with Crippen molar-refractivity contribution >= 4 is 0 Å². The molecule has 0 bridgehead atoms. The molecule has 1 fully saturated rings. The van der Waals surface area contributed by atoms with Crippen LogP contribution < -0.4 is 4.74 Å². The van der Waals surface area contributed by atoms with Gasteiger partial charge >= 0.3 is 5.92 Å². The van der Waals surface area contributed by atoms with E-state index < -0.39 is 41.0 Å². The zero-order valence-corrected chi connectivity index (χ0v) is 14.6. The molecule has 9 heteroatoms. The third-order valence-electron chi connectivity index (χ3n) is 4.45. The molecule has 1 saturated heterocycles. The standard InChI is InChI=1S/C20H11F4N3O2/c21-13-2-4-15(16(22)7-13)19(11-28-19)20(23,24)17-5-3-14(10-26-17)29-18-6-1-12(8-25)9-27-18/h1-7,9-10H,11H2. The third kappa shape index (κ3) is 3.28. The Bertz CT molecular complexity index is 1090. The van der Waals surface area contributed by atoms with Gasteiger partial charge in [-0.1, -0.05) is 0 Å². The van der Waals surface area contributed by atoms with E-state index in [4.69, 9.17) is 14.7 Å². The molecule has 1 aromatic carbocycles. The first-order chi connectivity index (χ1) is 13.9. The van der Waals surface area contributed by atoms with Crippen LogP contribution in [0.3, 0.4) is 0 Å². The third-order valence-corrected chi connectivity index (χ3v) is 4.45. The Labute approximate surface area is 162 Å². The second-order valence-electron chi connectivity index (χ2n) is 6.29. The minimum Gasteiger partial charge on any atom is -0.437 e. The maximum atomic E-state index is 15.1. The highest BCUT2D eigenvalue weighted by molar-refractivity contribution is 5.37. The lowest BCUT2D eigenvalue weighted by atomic mass is 9.90. The summed E-state index contributed by atoms with van der Waals surface area (Å²) in [6, 6.07) is 9.51. The number of epoxide rings is 1. The molecule has 29 heavy (non-hydrogen) atoms. The Balaban J connectivity index is 1.58. The topological polar surface area (TPSA) is 71.3 Å². The molecule has 0 spiro atoms. The second-order valence-corrected chi connectivity index (χ2v) is 6.29. The van der Waals surface area contributed by atoms with Crippen molar-refractivity contribution in [2.24, 2.45) is 0 Å². The van der Waals surface area contributed by atoms with Gasteiger partial charge in [-0.2, -0.15) is 14.0 Å². The van der Waals surface area contributed by atoms with Crippen molar-refractivity contribution in [2.75, 3.05) is 6.61 Å². The fourth-order valence-corrected chi connectivity index (χ4v) is 2.86. The fourth-order valence-electron chi connectivity index (χ4n) is 2.86. The zero-order valence-electron chi connectivity index (χ0n) is 14.6. The summed E-state index contributed by atoms with van der Waals surface area (Å²) in [6.07, 6.45) is 2.37. The first-order valence-corrected chi connectivity index (χ1v) is 8.33. The first-order valence-electron chi connectivity index (χ1n) is 8.33. The van der Waals surface area contributed by atoms with E-state index in [1.165, 1.54) is 24.4 Å². The monoisotopic (exact) mass is 401 g/mol. The normalized spacial score (nSPS) is 18.2. The van der Waals surface area contributed by atoms with Gasteiger partial charge in [0, 0.05) is 23.9 Å². The van der Waals surface area contributed by atoms with Gasteiger partial charge < -0.3 is 9.47 Å². The molecule has 5 nitrogen and oxygen atoms in total. The van der Waals surface area contributed by atoms with Crippen LogP contribution in [0.15, 0.2) is 54.9 Å². The van der Waals surface area contributed by atoms with E-state index in [1.54, 1.807) is 0 Å². The number of aromatic nitrogens is 2. The van der Waals surface area contributed by atoms with Crippen molar-refractivity contribution in [3.63, 3.8) is 0 Å². The van der Waals surface area contributed by atoms with Gasteiger partial charge in [0.05, 0.1) is 18.4 Å². The van der Waals surface area contributed by atoms with Gasteiger partial charge in [0.2, 0.25) is 5.88 Å². The number of benzene rings is 1. The summed E-state index contributed by atoms with van der Waals surface area (Å²) in [5.74, 6) is -5.37. The number of alkyl halides is 2. The van der Waals surface area contributed by atoms with Crippen LogP contribution in [-0.4, -0.2) is 16.6 Å². The van der Waals surface area contributed by atoms with E-state index in [0.29, 0.717) is 11.6 Å². The maximum absolute atomic E-state index is 15.1. The number of hydrogen-bond donors (Lipinski definition) is 0. The van der Waals surface area contributed by atoms with Crippen LogP contribution in [0.25, 0.3) is 0 Å². The molecule has 0 radical (unpaired) electrons. The molecular weight excluding hydrogens is 390 g/mol. The Morgan fingerprint density at radius 3 is 2.41 bits per heavy atom. The van der Waals surface area contributed by atoms with Crippen molar-refractivity contribution in [3.05, 3.63) is 83.3 Å². The molecule has 2 aromatic heterocycles. The molecule has 1 atom stereocenters. The van der Waals surface area contributed by atoms with Crippen LogP contribution in [0, 0.1) is 23.0 Å². The summed E-state index contributed by atoms with van der Waals surface area (Å²) in [5.41, 5.74) is -2.99. The molecule has 4 rings (SSSR count). The maximum Gasteiger partial charge on any atom is 0.324 e. The van der Waals surface area contributed by atoms with E-state index >= 15 is 8.78 Å². The number of rotatable bonds is 5. The summed E-state index contributed by atoms with van der Waals surface area (Å²) in [5, 5.41) is 8.74. The van der Waals surface area contributed by atoms with Gasteiger partial charge in [0.25, 0.3) is 0 Å². The van der Waals surface area contributed by atoms with Gasteiger partial charge in [-0.25, -0.2) is 13.8 Å². The summed E-state index contributed by atoms with van der Waals surface area (Å²) in [6.45, 7) is -0.433. The molecule has 146 valence electrons. The number of nitriles is 1. The lowest BCUT2D eigenvalue weighted by Gasteiger charge is -2.24. The average Bonchev–Trinajstić information content (AvgIpc) is 3.51. The molecule has 3 heterocycles. The molecule has 0 N–H and O–H groups in total. The second kappa shape index (κ2) is 6.83. The predicted molar refractivity (Wildman–Crippen MR) is 91.1 cm³/mol. The number of ether oxygens (including phenoxy) is 2. The summed E-state index contributed by atoms with van der Waals surface area (Å²) < 4.78 is 67.7. The van der Waals surface area contributed by atoms with Crippen LogP contribution in [0.4, 0.5) is 17.6 Å². The average molecular weight is 401 g/mol. The smallest absolute Gasteiger partial charge is 0.324 e. The quantitative estimate of drug-likeness (QED) is 0.467. The zero-order chi connectivity index (χ0) is 20.6. The number of nitrogens with zero attached hydrogens (tertiary/aromatic N) is 3. The summed E-state index contributed by atoms with van der Waals surface area (Å²) in [4.78, 5) is 7.64. The molecule has 0 saturated carbocycles. The lowest BCUT2D eigenvalue weighted by molar-refractivity contribution is -0.0902. The summed E-state index contributed by atoms with van der Waals surface area (Å²) >= 11 is 0. The Kier molecular flexibility index (Phi) is 4.43. The van der Waals surface area contributed by atoms with Crippen molar-refractivity contribution in [1.29, 1.82) is 5.26 Å². The molecule has 0 amide bonds. The lowest BCUT2D eigenvalue weighted by Crippen LogP contribution is -2.34. The largest absolute Gasteiger partial charge is 0.437 e. The molecule has 0 aliphatic carbocycles. The van der Waals surface area contributed by atoms with Crippen molar-refractivity contribution in [2.45, 2.75) is 11.5 Å². The Hall–Kier alpha value is -3.51. The van der Waals surface area contributed by atoms with Crippen LogP contribution in [-0.2, 0) is 16.3 Å². The van der Waals surface area contributed by atoms with Gasteiger partial charge in [0.1, 0.15) is 29.1 Å². The predicted octanol–water partition coefficient (Wildman–Crippen LogP) is 4.44. The van der Waals surface area contributed by atoms with E-state index in [1.807, 2.05) is 6.07 Å². The Morgan fingerprint density at radius 1 is 1.07 bits per heavy atom. The van der Waals surface area contributed by atoms with Crippen molar-refractivity contribution in [1.82, 2.24) is 9.97 Å². The van der Waals surface area contributed by atoms with E-state index in [2.05, 4.69) is 9.97 Å². The van der Waals surface area contributed by atoms with Gasteiger partial charge in [-0.15, -0.1) is 0 Å². The highest BCUT2D eigenvalue weighted by Crippen LogP contribution is 2.56. The Morgan fingerprint density at radius 2 is 1.86 bits per heavy atom. The highest BCUT2D eigenvalue weighted by Gasteiger charge is 2.68. The van der Waals surface area contributed by atoms with Crippen molar-refractivity contribution < 1.29 is 27.0 Å². The van der Waals surface area contributed by atoms with Gasteiger partial charge in [0.15, 0.2) is 5.60 Å². The molecule has 1 unspecified atom stereocenters. The van der Waals surface area contributed by atoms with E-state index in [0.717, 1.165) is 24.4 Å². The molecule has 1 aliphatic rings. The summed E-state index contributed by atoms with van der Waals surface area (Å²) in [7, 11) is 0. The van der Waals surface area contributed by atoms with E-state index in [-0.39, 0.29) is 11.6 Å². The number of hydrogen-bond acceptors (Lipinski definition) is 5. The fraction of sp³-hybridized carbons (Fsp3) is 0.150. The van der Waals surface area contributed by atoms with E-state index in [9.17, 15) is 8.78 Å². The number of pyridine rings is 2. The van der Waals surface area contributed by atoms with Crippen LogP contribution in [0.1, 0.15) is 16.8 Å². The first kappa shape index (κ1) is 18.8. The SMILES string of the molecule is N#Cc1ccc(Oc2ccc(C(F)(F)C3(c4ccc(F)cc4F)CO3)nc2)nc1. The minimum atomic E-state index is -3.67. The highest BCUT2D eigenvalue weighted by atomic mass is 19.3. The number of halogens is 4. The van der Waals surface area contributed by atoms with Crippen LogP contribution in [0.2, 0.25) is 0 Å². The molecular formula is C20H11F4N3O2. The molecule has 3 aromatic rings. The van der Waals surface area contributed by atoms with Crippen molar-refractivity contribution in [3.8, 4) is 17.7 Å². The van der Waals surface area contributed by atoms with Crippen LogP contribution >= 0.6 is 0 Å². The van der Waals surface area contributed by atoms with Gasteiger partial charge in [-0.3, -0.25) is 4.98 Å². The van der Waals surface area contributed by atoms with Crippen LogP contribution in [0.5, 0.6) is 11.6 Å². The molecule has 1 aliphatic heterocycles. The minimum absolute atomic E-state index is 0.139. The van der Waals surface area contributed by atoms with Gasteiger partial charge in [-0.05, 0) is 30.3 Å².